The fraction of sp³-hybridized carbons (Fsp3) is 0.133. The van der Waals surface area contributed by atoms with Crippen molar-refractivity contribution in [3.8, 4) is 0 Å². The van der Waals surface area contributed by atoms with Gasteiger partial charge in [0.05, 0.1) is 22.6 Å². The quantitative estimate of drug-likeness (QED) is 0.691. The molecule has 2 rings (SSSR count). The first-order valence-electron chi connectivity index (χ1n) is 7.05. The molecular formula is C15H15ClN2O6S2. The molecule has 0 amide bonds. The standard InChI is InChI=1S/C15H15ClN2O6S2/c1-17-25(20,21)12-6-4-11(5-7-12)18-26(22,23)14-9-10(15(19)24-2)3-8-13(14)16/h3-9,17-18H,1-2H3. The smallest absolute Gasteiger partial charge is 0.337 e. The van der Waals surface area contributed by atoms with Crippen molar-refractivity contribution in [3.05, 3.63) is 53.1 Å². The van der Waals surface area contributed by atoms with Gasteiger partial charge in [0, 0.05) is 5.69 Å². The molecule has 0 aliphatic heterocycles. The number of rotatable bonds is 6. The van der Waals surface area contributed by atoms with E-state index in [1.165, 1.54) is 50.6 Å². The lowest BCUT2D eigenvalue weighted by molar-refractivity contribution is 0.0600. The number of sulfonamides is 2. The molecule has 26 heavy (non-hydrogen) atoms. The van der Waals surface area contributed by atoms with Crippen LogP contribution in [0.3, 0.4) is 0 Å². The van der Waals surface area contributed by atoms with Gasteiger partial charge < -0.3 is 4.74 Å². The van der Waals surface area contributed by atoms with Gasteiger partial charge in [-0.15, -0.1) is 0 Å². The topological polar surface area (TPSA) is 119 Å². The predicted octanol–water partition coefficient (Wildman–Crippen LogP) is 1.84. The van der Waals surface area contributed by atoms with Crippen LogP contribution in [0.4, 0.5) is 5.69 Å². The molecule has 140 valence electrons. The van der Waals surface area contributed by atoms with Gasteiger partial charge in [-0.05, 0) is 49.5 Å². The highest BCUT2D eigenvalue weighted by atomic mass is 35.5. The molecule has 11 heteroatoms. The number of anilines is 1. The van der Waals surface area contributed by atoms with Gasteiger partial charge in [0.25, 0.3) is 10.0 Å². The lowest BCUT2D eigenvalue weighted by Crippen LogP contribution is -2.18. The van der Waals surface area contributed by atoms with Crippen molar-refractivity contribution in [2.24, 2.45) is 0 Å². The summed E-state index contributed by atoms with van der Waals surface area (Å²) in [5, 5.41) is -0.0838. The number of ether oxygens (including phenoxy) is 1. The van der Waals surface area contributed by atoms with Gasteiger partial charge in [0.15, 0.2) is 0 Å². The summed E-state index contributed by atoms with van der Waals surface area (Å²) in [6.45, 7) is 0. The van der Waals surface area contributed by atoms with Crippen molar-refractivity contribution in [2.45, 2.75) is 9.79 Å². The highest BCUT2D eigenvalue weighted by molar-refractivity contribution is 7.92. The van der Waals surface area contributed by atoms with E-state index in [0.717, 1.165) is 6.07 Å². The number of nitrogens with one attached hydrogen (secondary N) is 2. The Labute approximate surface area is 156 Å². The van der Waals surface area contributed by atoms with Crippen LogP contribution in [0.25, 0.3) is 0 Å². The third-order valence-electron chi connectivity index (χ3n) is 3.33. The zero-order chi connectivity index (χ0) is 19.5. The minimum atomic E-state index is -4.12. The average Bonchev–Trinajstić information content (AvgIpc) is 2.61. The number of hydrogen-bond acceptors (Lipinski definition) is 6. The second-order valence-corrected chi connectivity index (χ2v) is 8.92. The van der Waals surface area contributed by atoms with E-state index >= 15 is 0 Å². The molecule has 2 aromatic carbocycles. The maximum atomic E-state index is 12.5. The predicted molar refractivity (Wildman–Crippen MR) is 96.3 cm³/mol. The van der Waals surface area contributed by atoms with Crippen LogP contribution in [0.2, 0.25) is 5.02 Å². The van der Waals surface area contributed by atoms with E-state index in [9.17, 15) is 21.6 Å². The molecule has 0 aliphatic rings. The van der Waals surface area contributed by atoms with Crippen LogP contribution in [0.5, 0.6) is 0 Å². The van der Waals surface area contributed by atoms with Crippen molar-refractivity contribution in [2.75, 3.05) is 18.9 Å². The SMILES string of the molecule is CNS(=O)(=O)c1ccc(NS(=O)(=O)c2cc(C(=O)OC)ccc2Cl)cc1. The highest BCUT2D eigenvalue weighted by Gasteiger charge is 2.21. The largest absolute Gasteiger partial charge is 0.465 e. The summed E-state index contributed by atoms with van der Waals surface area (Å²) in [4.78, 5) is 11.2. The van der Waals surface area contributed by atoms with Crippen molar-refractivity contribution in [1.82, 2.24) is 4.72 Å². The van der Waals surface area contributed by atoms with Gasteiger partial charge in [-0.3, -0.25) is 4.72 Å². The summed E-state index contributed by atoms with van der Waals surface area (Å²) >= 11 is 5.94. The number of esters is 1. The second kappa shape index (κ2) is 7.62. The summed E-state index contributed by atoms with van der Waals surface area (Å²) in [6.07, 6.45) is 0. The van der Waals surface area contributed by atoms with Gasteiger partial charge in [0.1, 0.15) is 4.90 Å². The molecule has 0 aromatic heterocycles. The van der Waals surface area contributed by atoms with Gasteiger partial charge in [-0.2, -0.15) is 0 Å². The number of halogens is 1. The molecule has 0 fully saturated rings. The fourth-order valence-corrected chi connectivity index (χ4v) is 4.30. The minimum absolute atomic E-state index is 0.0198. The van der Waals surface area contributed by atoms with E-state index in [-0.39, 0.29) is 26.1 Å². The molecule has 0 spiro atoms. The highest BCUT2D eigenvalue weighted by Crippen LogP contribution is 2.26. The molecule has 8 nitrogen and oxygen atoms in total. The van der Waals surface area contributed by atoms with Crippen molar-refractivity contribution in [3.63, 3.8) is 0 Å². The van der Waals surface area contributed by atoms with Gasteiger partial charge in [-0.25, -0.2) is 26.4 Å². The zero-order valence-electron chi connectivity index (χ0n) is 13.7. The van der Waals surface area contributed by atoms with E-state index < -0.39 is 26.0 Å². The minimum Gasteiger partial charge on any atom is -0.465 e. The van der Waals surface area contributed by atoms with Gasteiger partial charge in [-0.1, -0.05) is 11.6 Å². The van der Waals surface area contributed by atoms with E-state index in [4.69, 9.17) is 11.6 Å². The maximum Gasteiger partial charge on any atom is 0.337 e. The first kappa shape index (κ1) is 20.2. The lowest BCUT2D eigenvalue weighted by Gasteiger charge is -2.11. The molecule has 0 saturated heterocycles. The van der Waals surface area contributed by atoms with E-state index in [1.54, 1.807) is 0 Å². The van der Waals surface area contributed by atoms with E-state index in [1.807, 2.05) is 0 Å². The Morgan fingerprint density at radius 2 is 1.62 bits per heavy atom. The fourth-order valence-electron chi connectivity index (χ4n) is 1.98. The Kier molecular flexibility index (Phi) is 5.91. The van der Waals surface area contributed by atoms with Crippen molar-refractivity contribution in [1.29, 1.82) is 0 Å². The molecule has 0 aliphatic carbocycles. The van der Waals surface area contributed by atoms with Crippen molar-refractivity contribution >= 4 is 43.3 Å². The van der Waals surface area contributed by atoms with Crippen LogP contribution >= 0.6 is 11.6 Å². The second-order valence-electron chi connectivity index (χ2n) is 4.97. The molecule has 0 saturated carbocycles. The molecular weight excluding hydrogens is 404 g/mol. The summed E-state index contributed by atoms with van der Waals surface area (Å²) in [5.74, 6) is -0.709. The molecule has 0 radical (unpaired) electrons. The first-order valence-corrected chi connectivity index (χ1v) is 10.4. The molecule has 0 bridgehead atoms. The zero-order valence-corrected chi connectivity index (χ0v) is 16.1. The van der Waals surface area contributed by atoms with Crippen LogP contribution in [0.15, 0.2) is 52.3 Å². The maximum absolute atomic E-state index is 12.5. The third-order valence-corrected chi connectivity index (χ3v) is 6.62. The molecule has 2 N–H and O–H groups in total. The normalized spacial score (nSPS) is 11.8. The Morgan fingerprint density at radius 1 is 1.00 bits per heavy atom. The first-order chi connectivity index (χ1) is 12.1. The summed E-state index contributed by atoms with van der Waals surface area (Å²) in [6, 6.07) is 8.78. The Balaban J connectivity index is 2.36. The molecule has 0 atom stereocenters. The number of carbonyl (C=O) groups excluding carboxylic acids is 1. The molecule has 2 aromatic rings. The third kappa shape index (κ3) is 4.33. The van der Waals surface area contributed by atoms with Crippen LogP contribution in [-0.4, -0.2) is 37.0 Å². The summed E-state index contributed by atoms with van der Waals surface area (Å²) in [5.41, 5.74) is 0.146. The van der Waals surface area contributed by atoms with Gasteiger partial charge >= 0.3 is 5.97 Å². The van der Waals surface area contributed by atoms with Gasteiger partial charge in [0.2, 0.25) is 10.0 Å². The van der Waals surface area contributed by atoms with Crippen molar-refractivity contribution < 1.29 is 26.4 Å². The van der Waals surface area contributed by atoms with Crippen LogP contribution in [0, 0.1) is 0 Å². The van der Waals surface area contributed by atoms with E-state index in [2.05, 4.69) is 14.2 Å². The molecule has 0 heterocycles. The monoisotopic (exact) mass is 418 g/mol. The van der Waals surface area contributed by atoms with Crippen LogP contribution < -0.4 is 9.44 Å². The van der Waals surface area contributed by atoms with E-state index in [0.29, 0.717) is 0 Å². The number of hydrogen-bond donors (Lipinski definition) is 2. The number of benzene rings is 2. The van der Waals surface area contributed by atoms with Crippen LogP contribution in [0.1, 0.15) is 10.4 Å². The average molecular weight is 419 g/mol. The lowest BCUT2D eigenvalue weighted by atomic mass is 10.2. The summed E-state index contributed by atoms with van der Waals surface area (Å²) in [7, 11) is -5.32. The Morgan fingerprint density at radius 3 is 2.15 bits per heavy atom. The molecule has 0 unspecified atom stereocenters. The number of carbonyl (C=O) groups is 1. The number of methoxy groups -OCH3 is 1. The summed E-state index contributed by atoms with van der Waals surface area (Å²) < 4.78 is 57.4. The Hall–Kier alpha value is -2.14. The Bertz CT molecular complexity index is 1030. The van der Waals surface area contributed by atoms with Crippen LogP contribution in [-0.2, 0) is 24.8 Å².